The first-order valence-electron chi connectivity index (χ1n) is 8.05. The molecule has 8 heteroatoms. The van der Waals surface area contributed by atoms with Gasteiger partial charge in [-0.05, 0) is 37.3 Å². The molecule has 0 spiro atoms. The molecular weight excluding hydrogens is 370 g/mol. The summed E-state index contributed by atoms with van der Waals surface area (Å²) in [6, 6.07) is 11.9. The number of fused-ring (bicyclic) bond motifs is 1. The number of thiazole rings is 1. The number of hydrogen-bond donors (Lipinski definition) is 2. The van der Waals surface area contributed by atoms with Gasteiger partial charge in [0.25, 0.3) is 10.0 Å². The lowest BCUT2D eigenvalue weighted by Crippen LogP contribution is -2.17. The highest BCUT2D eigenvalue weighted by molar-refractivity contribution is 7.93. The van der Waals surface area contributed by atoms with Crippen molar-refractivity contribution in [3.63, 3.8) is 0 Å². The summed E-state index contributed by atoms with van der Waals surface area (Å²) < 4.78 is 28.3. The minimum Gasteiger partial charge on any atom is -0.326 e. The average molecular weight is 390 g/mol. The van der Waals surface area contributed by atoms with Crippen molar-refractivity contribution in [2.24, 2.45) is 5.92 Å². The Hall–Kier alpha value is -2.45. The molecule has 6 nitrogen and oxygen atoms in total. The monoisotopic (exact) mass is 389 g/mol. The summed E-state index contributed by atoms with van der Waals surface area (Å²) >= 11 is 1.22. The summed E-state index contributed by atoms with van der Waals surface area (Å²) in [5, 5.41) is 3.11. The first-order chi connectivity index (χ1) is 12.2. The number of amides is 1. The van der Waals surface area contributed by atoms with Crippen molar-refractivity contribution in [3.8, 4) is 0 Å². The summed E-state index contributed by atoms with van der Waals surface area (Å²) in [7, 11) is -3.69. The molecule has 0 fully saturated rings. The van der Waals surface area contributed by atoms with E-state index in [0.717, 1.165) is 10.3 Å². The van der Waals surface area contributed by atoms with E-state index in [1.165, 1.54) is 11.3 Å². The van der Waals surface area contributed by atoms with Crippen LogP contribution in [0.4, 0.5) is 10.8 Å². The molecule has 3 aromatic rings. The number of nitrogens with zero attached hydrogens (tertiary/aromatic N) is 1. The number of benzene rings is 2. The topological polar surface area (TPSA) is 88.2 Å². The quantitative estimate of drug-likeness (QED) is 0.690. The molecule has 136 valence electrons. The van der Waals surface area contributed by atoms with E-state index in [-0.39, 0.29) is 21.9 Å². The molecule has 1 amide bonds. The predicted octanol–water partition coefficient (Wildman–Crippen LogP) is 4.00. The van der Waals surface area contributed by atoms with Gasteiger partial charge in [-0.3, -0.25) is 9.52 Å². The van der Waals surface area contributed by atoms with E-state index in [0.29, 0.717) is 11.2 Å². The van der Waals surface area contributed by atoms with Crippen molar-refractivity contribution in [1.82, 2.24) is 4.98 Å². The fraction of sp³-hybridized carbons (Fsp3) is 0.222. The van der Waals surface area contributed by atoms with Gasteiger partial charge in [-0.1, -0.05) is 42.9 Å². The Balaban J connectivity index is 1.85. The number of anilines is 2. The van der Waals surface area contributed by atoms with Gasteiger partial charge in [0.15, 0.2) is 5.13 Å². The zero-order valence-electron chi connectivity index (χ0n) is 14.6. The normalized spacial score (nSPS) is 11.7. The fourth-order valence-corrected chi connectivity index (χ4v) is 4.36. The molecule has 0 radical (unpaired) electrons. The van der Waals surface area contributed by atoms with Gasteiger partial charge < -0.3 is 5.32 Å². The van der Waals surface area contributed by atoms with Crippen LogP contribution in [0.5, 0.6) is 0 Å². The Kier molecular flexibility index (Phi) is 4.97. The van der Waals surface area contributed by atoms with Crippen molar-refractivity contribution in [2.45, 2.75) is 25.7 Å². The molecule has 0 saturated heterocycles. The standard InChI is InChI=1S/C18H19N3O3S2/c1-11(2)17(22)19-13-6-9-15-16(10-13)25-18(20-15)21-26(23,24)14-7-4-12(3)5-8-14/h4-11H,1-3H3,(H,19,22)(H,20,21). The van der Waals surface area contributed by atoms with E-state index >= 15 is 0 Å². The number of carbonyl (C=O) groups is 1. The average Bonchev–Trinajstić information content (AvgIpc) is 2.95. The van der Waals surface area contributed by atoms with Crippen LogP contribution in [-0.2, 0) is 14.8 Å². The molecule has 0 aliphatic carbocycles. The molecule has 3 rings (SSSR count). The largest absolute Gasteiger partial charge is 0.326 e. The predicted molar refractivity (Wildman–Crippen MR) is 105 cm³/mol. The summed E-state index contributed by atoms with van der Waals surface area (Å²) in [6.45, 7) is 5.53. The van der Waals surface area contributed by atoms with Crippen molar-refractivity contribution in [3.05, 3.63) is 48.0 Å². The molecule has 1 aromatic heterocycles. The van der Waals surface area contributed by atoms with Crippen molar-refractivity contribution in [1.29, 1.82) is 0 Å². The molecule has 0 aliphatic heterocycles. The lowest BCUT2D eigenvalue weighted by molar-refractivity contribution is -0.118. The van der Waals surface area contributed by atoms with E-state index in [1.54, 1.807) is 42.5 Å². The maximum atomic E-state index is 12.5. The number of sulfonamides is 1. The van der Waals surface area contributed by atoms with E-state index in [4.69, 9.17) is 0 Å². The second-order valence-corrected chi connectivity index (χ2v) is 8.98. The van der Waals surface area contributed by atoms with Gasteiger partial charge in [0.05, 0.1) is 15.1 Å². The van der Waals surface area contributed by atoms with Crippen LogP contribution in [0.1, 0.15) is 19.4 Å². The van der Waals surface area contributed by atoms with Crippen LogP contribution in [0.2, 0.25) is 0 Å². The summed E-state index contributed by atoms with van der Waals surface area (Å²) in [4.78, 5) is 16.3. The Morgan fingerprint density at radius 2 is 1.81 bits per heavy atom. The van der Waals surface area contributed by atoms with Crippen LogP contribution in [0.15, 0.2) is 47.4 Å². The molecule has 0 unspecified atom stereocenters. The van der Waals surface area contributed by atoms with Gasteiger partial charge >= 0.3 is 0 Å². The molecule has 2 N–H and O–H groups in total. The number of hydrogen-bond acceptors (Lipinski definition) is 5. The van der Waals surface area contributed by atoms with E-state index in [9.17, 15) is 13.2 Å². The zero-order chi connectivity index (χ0) is 18.9. The van der Waals surface area contributed by atoms with E-state index in [2.05, 4.69) is 15.0 Å². The molecule has 0 saturated carbocycles. The molecular formula is C18H19N3O3S2. The number of rotatable bonds is 5. The molecule has 1 heterocycles. The number of nitrogens with one attached hydrogen (secondary N) is 2. The number of aromatic nitrogens is 1. The van der Waals surface area contributed by atoms with Crippen LogP contribution in [0.3, 0.4) is 0 Å². The number of carbonyl (C=O) groups excluding carboxylic acids is 1. The van der Waals surface area contributed by atoms with Gasteiger partial charge in [-0.2, -0.15) is 0 Å². The second kappa shape index (κ2) is 7.05. The smallest absolute Gasteiger partial charge is 0.263 e. The van der Waals surface area contributed by atoms with Crippen molar-refractivity contribution >= 4 is 48.3 Å². The van der Waals surface area contributed by atoms with Gasteiger partial charge in [0, 0.05) is 11.6 Å². The maximum absolute atomic E-state index is 12.5. The van der Waals surface area contributed by atoms with Crippen LogP contribution in [-0.4, -0.2) is 19.3 Å². The molecule has 26 heavy (non-hydrogen) atoms. The Morgan fingerprint density at radius 3 is 2.46 bits per heavy atom. The maximum Gasteiger partial charge on any atom is 0.263 e. The molecule has 0 atom stereocenters. The molecule has 0 bridgehead atoms. The SMILES string of the molecule is Cc1ccc(S(=O)(=O)Nc2nc3ccc(NC(=O)C(C)C)cc3s2)cc1. The van der Waals surface area contributed by atoms with Crippen LogP contribution in [0.25, 0.3) is 10.2 Å². The lowest BCUT2D eigenvalue weighted by Gasteiger charge is -2.06. The minimum atomic E-state index is -3.69. The van der Waals surface area contributed by atoms with Gasteiger partial charge in [0.1, 0.15) is 0 Å². The van der Waals surface area contributed by atoms with Crippen LogP contribution < -0.4 is 10.0 Å². The summed E-state index contributed by atoms with van der Waals surface area (Å²) in [6.07, 6.45) is 0. The van der Waals surface area contributed by atoms with Gasteiger partial charge in [0.2, 0.25) is 5.91 Å². The Labute approximate surface area is 156 Å². The molecule has 2 aromatic carbocycles. The highest BCUT2D eigenvalue weighted by Crippen LogP contribution is 2.30. The van der Waals surface area contributed by atoms with Gasteiger partial charge in [-0.15, -0.1) is 0 Å². The molecule has 0 aliphatic rings. The van der Waals surface area contributed by atoms with E-state index in [1.807, 2.05) is 20.8 Å². The lowest BCUT2D eigenvalue weighted by atomic mass is 10.2. The van der Waals surface area contributed by atoms with Gasteiger partial charge in [-0.25, -0.2) is 13.4 Å². The summed E-state index contributed by atoms with van der Waals surface area (Å²) in [5.41, 5.74) is 2.31. The van der Waals surface area contributed by atoms with Crippen LogP contribution >= 0.6 is 11.3 Å². The van der Waals surface area contributed by atoms with Crippen LogP contribution in [0, 0.1) is 12.8 Å². The Bertz CT molecular complexity index is 1050. The second-order valence-electron chi connectivity index (χ2n) is 6.26. The number of aryl methyl sites for hydroxylation is 1. The van der Waals surface area contributed by atoms with E-state index < -0.39 is 10.0 Å². The zero-order valence-corrected chi connectivity index (χ0v) is 16.2. The summed E-state index contributed by atoms with van der Waals surface area (Å²) in [5.74, 6) is -0.196. The third-order valence-corrected chi connectivity index (χ3v) is 6.15. The van der Waals surface area contributed by atoms with Crippen molar-refractivity contribution in [2.75, 3.05) is 10.0 Å². The fourth-order valence-electron chi connectivity index (χ4n) is 2.22. The highest BCUT2D eigenvalue weighted by atomic mass is 32.2. The van der Waals surface area contributed by atoms with Crippen molar-refractivity contribution < 1.29 is 13.2 Å². The Morgan fingerprint density at radius 1 is 1.12 bits per heavy atom. The third kappa shape index (κ3) is 4.03. The highest BCUT2D eigenvalue weighted by Gasteiger charge is 2.17. The first kappa shape index (κ1) is 18.3. The third-order valence-electron chi connectivity index (χ3n) is 3.73. The minimum absolute atomic E-state index is 0.0748. The first-order valence-corrected chi connectivity index (χ1v) is 10.4.